The second-order valence-electron chi connectivity index (χ2n) is 6.51. The van der Waals surface area contributed by atoms with Gasteiger partial charge in [0, 0.05) is 22.9 Å². The van der Waals surface area contributed by atoms with Crippen LogP contribution in [0.15, 0.2) is 63.6 Å². The predicted molar refractivity (Wildman–Crippen MR) is 105 cm³/mol. The van der Waals surface area contributed by atoms with Crippen LogP contribution in [0.25, 0.3) is 0 Å². The number of thiophene rings is 1. The fourth-order valence-corrected chi connectivity index (χ4v) is 4.25. The van der Waals surface area contributed by atoms with E-state index in [2.05, 4.69) is 16.8 Å². The van der Waals surface area contributed by atoms with Crippen molar-refractivity contribution in [2.45, 2.75) is 25.7 Å². The molecule has 4 nitrogen and oxygen atoms in total. The van der Waals surface area contributed by atoms with Gasteiger partial charge < -0.3 is 15.0 Å². The summed E-state index contributed by atoms with van der Waals surface area (Å²) in [6.07, 6.45) is 8.88. The molecule has 1 aliphatic carbocycles. The minimum Gasteiger partial charge on any atom is -0.449 e. The number of nitrogens with zero attached hydrogens (tertiary/aromatic N) is 1. The number of carbonyl (C=O) groups excluding carboxylic acids is 1. The summed E-state index contributed by atoms with van der Waals surface area (Å²) in [7, 11) is 0. The molecule has 26 heavy (non-hydrogen) atoms. The molecule has 2 aliphatic heterocycles. The lowest BCUT2D eigenvalue weighted by molar-refractivity contribution is -0.130. The molecule has 1 aromatic heterocycles. The van der Waals surface area contributed by atoms with Gasteiger partial charge in [-0.25, -0.2) is 0 Å². The van der Waals surface area contributed by atoms with Gasteiger partial charge in [0.25, 0.3) is 5.91 Å². The van der Waals surface area contributed by atoms with E-state index in [-0.39, 0.29) is 5.91 Å². The fraction of sp³-hybridized carbons (Fsp3) is 0.350. The Kier molecular flexibility index (Phi) is 5.29. The number of carbonyl (C=O) groups is 1. The highest BCUT2D eigenvalue weighted by atomic mass is 35.5. The summed E-state index contributed by atoms with van der Waals surface area (Å²) in [5.74, 6) is 1.19. The number of ether oxygens (including phenoxy) is 1. The first-order valence-electron chi connectivity index (χ1n) is 8.94. The van der Waals surface area contributed by atoms with Crippen LogP contribution in [0.3, 0.4) is 0 Å². The number of hydrogen-bond donors (Lipinski definition) is 1. The van der Waals surface area contributed by atoms with Crippen LogP contribution >= 0.6 is 22.9 Å². The maximum absolute atomic E-state index is 13.2. The second-order valence-corrected chi connectivity index (χ2v) is 8.03. The van der Waals surface area contributed by atoms with Gasteiger partial charge in [0.15, 0.2) is 11.5 Å². The molecule has 3 heterocycles. The first kappa shape index (κ1) is 17.6. The van der Waals surface area contributed by atoms with Crippen molar-refractivity contribution in [2.75, 3.05) is 19.6 Å². The lowest BCUT2D eigenvalue weighted by Gasteiger charge is -2.34. The van der Waals surface area contributed by atoms with Gasteiger partial charge in [-0.2, -0.15) is 0 Å². The lowest BCUT2D eigenvalue weighted by atomic mass is 10.0. The Morgan fingerprint density at radius 3 is 2.88 bits per heavy atom. The van der Waals surface area contributed by atoms with E-state index in [1.807, 2.05) is 29.2 Å². The summed E-state index contributed by atoms with van der Waals surface area (Å²) >= 11 is 7.93. The molecule has 1 N–H and O–H groups in total. The van der Waals surface area contributed by atoms with Crippen LogP contribution in [0.5, 0.6) is 0 Å². The van der Waals surface area contributed by atoms with Crippen LogP contribution < -0.4 is 5.32 Å². The predicted octanol–water partition coefficient (Wildman–Crippen LogP) is 4.08. The molecule has 0 bridgehead atoms. The number of nitrogens with one attached hydrogen (secondary N) is 1. The number of morpholine rings is 1. The molecular weight excluding hydrogens is 368 g/mol. The minimum absolute atomic E-state index is 0.0279. The van der Waals surface area contributed by atoms with Crippen molar-refractivity contribution in [2.24, 2.45) is 0 Å². The Labute approximate surface area is 162 Å². The number of halogens is 1. The van der Waals surface area contributed by atoms with Gasteiger partial charge in [-0.05, 0) is 61.5 Å². The summed E-state index contributed by atoms with van der Waals surface area (Å²) in [6.45, 7) is 2.41. The molecule has 1 amide bonds. The van der Waals surface area contributed by atoms with Gasteiger partial charge in [-0.15, -0.1) is 11.3 Å². The molecule has 0 radical (unpaired) electrons. The molecule has 0 spiro atoms. The number of piperidine rings is 1. The molecule has 0 aromatic carbocycles. The maximum atomic E-state index is 13.2. The monoisotopic (exact) mass is 388 g/mol. The van der Waals surface area contributed by atoms with E-state index in [4.69, 9.17) is 16.3 Å². The highest BCUT2D eigenvalue weighted by molar-refractivity contribution is 7.09. The first-order chi connectivity index (χ1) is 12.7. The second kappa shape index (κ2) is 7.82. The van der Waals surface area contributed by atoms with E-state index in [1.54, 1.807) is 11.3 Å². The summed E-state index contributed by atoms with van der Waals surface area (Å²) < 4.78 is 6.09. The highest BCUT2D eigenvalue weighted by Crippen LogP contribution is 2.34. The Morgan fingerprint density at radius 1 is 1.27 bits per heavy atom. The van der Waals surface area contributed by atoms with Crippen LogP contribution in [0.2, 0.25) is 0 Å². The van der Waals surface area contributed by atoms with Gasteiger partial charge >= 0.3 is 0 Å². The van der Waals surface area contributed by atoms with Crippen LogP contribution in [-0.2, 0) is 16.0 Å². The molecule has 0 atom stereocenters. The summed E-state index contributed by atoms with van der Waals surface area (Å²) in [5, 5.41) is 6.14. The van der Waals surface area contributed by atoms with E-state index in [9.17, 15) is 4.79 Å². The molecule has 6 heteroatoms. The standard InChI is InChI=1S/C20H21ClN2O2S/c21-15-3-5-17-18(6-4-15)25-19(14-7-10-22-11-8-14)20(24)23(17)12-9-16-2-1-13-26-16/h1-2,4-6,13,22H,3,7-12H2. The van der Waals surface area contributed by atoms with Crippen molar-refractivity contribution in [1.29, 1.82) is 0 Å². The van der Waals surface area contributed by atoms with Gasteiger partial charge in [-0.1, -0.05) is 23.7 Å². The summed E-state index contributed by atoms with van der Waals surface area (Å²) in [4.78, 5) is 16.4. The average Bonchev–Trinajstić information content (AvgIpc) is 3.11. The van der Waals surface area contributed by atoms with Crippen molar-refractivity contribution >= 4 is 28.8 Å². The van der Waals surface area contributed by atoms with E-state index in [0.717, 1.165) is 48.7 Å². The molecule has 4 rings (SSSR count). The van der Waals surface area contributed by atoms with Crippen LogP contribution in [0, 0.1) is 0 Å². The lowest BCUT2D eigenvalue weighted by Crippen LogP contribution is -2.40. The van der Waals surface area contributed by atoms with Crippen molar-refractivity contribution in [3.63, 3.8) is 0 Å². The van der Waals surface area contributed by atoms with E-state index < -0.39 is 0 Å². The summed E-state index contributed by atoms with van der Waals surface area (Å²) in [6, 6.07) is 4.15. The normalized spacial score (nSPS) is 20.7. The largest absolute Gasteiger partial charge is 0.449 e. The maximum Gasteiger partial charge on any atom is 0.294 e. The van der Waals surface area contributed by atoms with E-state index in [1.165, 1.54) is 4.88 Å². The summed E-state index contributed by atoms with van der Waals surface area (Å²) in [5.41, 5.74) is 1.94. The minimum atomic E-state index is -0.0279. The number of fused-ring (bicyclic) bond motifs is 1. The van der Waals surface area contributed by atoms with Gasteiger partial charge in [0.2, 0.25) is 0 Å². The van der Waals surface area contributed by atoms with Gasteiger partial charge in [-0.3, -0.25) is 4.79 Å². The molecule has 2 fully saturated rings. The fourth-order valence-electron chi connectivity index (χ4n) is 3.41. The van der Waals surface area contributed by atoms with Crippen molar-refractivity contribution in [1.82, 2.24) is 10.2 Å². The van der Waals surface area contributed by atoms with Crippen molar-refractivity contribution < 1.29 is 9.53 Å². The van der Waals surface area contributed by atoms with Crippen molar-refractivity contribution in [3.05, 3.63) is 68.4 Å². The van der Waals surface area contributed by atoms with E-state index in [0.29, 0.717) is 24.5 Å². The number of hydrogen-bond acceptors (Lipinski definition) is 4. The van der Waals surface area contributed by atoms with Gasteiger partial charge in [0.05, 0.1) is 5.70 Å². The zero-order valence-electron chi connectivity index (χ0n) is 14.5. The molecule has 3 aliphatic rings. The molecule has 2 saturated heterocycles. The zero-order chi connectivity index (χ0) is 17.9. The smallest absolute Gasteiger partial charge is 0.294 e. The molecule has 0 saturated carbocycles. The SMILES string of the molecule is O=C1C(=C2CCNCC2)OC2=CC=C(Cl)CC=C2N1CCc1cccs1. The van der Waals surface area contributed by atoms with Crippen LogP contribution in [-0.4, -0.2) is 30.4 Å². The number of rotatable bonds is 3. The van der Waals surface area contributed by atoms with E-state index >= 15 is 0 Å². The van der Waals surface area contributed by atoms with Crippen LogP contribution in [0.1, 0.15) is 24.1 Å². The third kappa shape index (κ3) is 3.65. The quantitative estimate of drug-likeness (QED) is 0.793. The number of amides is 1. The first-order valence-corrected chi connectivity index (χ1v) is 10.2. The van der Waals surface area contributed by atoms with Crippen molar-refractivity contribution in [3.8, 4) is 0 Å². The Bertz CT molecular complexity index is 813. The molecule has 136 valence electrons. The third-order valence-corrected chi connectivity index (χ3v) is 6.01. The molecule has 1 aromatic rings. The van der Waals surface area contributed by atoms with Crippen LogP contribution in [0.4, 0.5) is 0 Å². The average molecular weight is 389 g/mol. The Balaban J connectivity index is 1.67. The third-order valence-electron chi connectivity index (χ3n) is 4.79. The Hall–Kier alpha value is -1.82. The zero-order valence-corrected chi connectivity index (χ0v) is 16.0. The number of allylic oxidation sites excluding steroid dienone is 4. The highest BCUT2D eigenvalue weighted by Gasteiger charge is 2.35. The Morgan fingerprint density at radius 2 is 2.12 bits per heavy atom. The van der Waals surface area contributed by atoms with Gasteiger partial charge in [0.1, 0.15) is 0 Å². The molecule has 0 unspecified atom stereocenters. The molecular formula is C20H21ClN2O2S. The topological polar surface area (TPSA) is 41.6 Å².